The molecule has 0 unspecified atom stereocenters. The molecule has 1 aliphatic carbocycles. The highest BCUT2D eigenvalue weighted by atomic mass is 32.2. The second-order valence-corrected chi connectivity index (χ2v) is 7.99. The van der Waals surface area contributed by atoms with Gasteiger partial charge < -0.3 is 4.90 Å². The molecule has 0 radical (unpaired) electrons. The van der Waals surface area contributed by atoms with Crippen molar-refractivity contribution in [1.82, 2.24) is 14.5 Å². The van der Waals surface area contributed by atoms with E-state index in [9.17, 15) is 9.59 Å². The molecule has 1 aromatic carbocycles. The first-order chi connectivity index (χ1) is 13.7. The van der Waals surface area contributed by atoms with E-state index in [-0.39, 0.29) is 23.3 Å². The fourth-order valence-electron chi connectivity index (χ4n) is 3.75. The molecular formula is C21H26N4O2S. The van der Waals surface area contributed by atoms with Crippen molar-refractivity contribution in [3.05, 3.63) is 34.6 Å². The highest BCUT2D eigenvalue weighted by molar-refractivity contribution is 7.99. The number of carbonyl (C=O) groups is 1. The van der Waals surface area contributed by atoms with E-state index < -0.39 is 0 Å². The zero-order chi connectivity index (χ0) is 19.9. The van der Waals surface area contributed by atoms with Crippen molar-refractivity contribution in [1.29, 1.82) is 5.26 Å². The molecule has 0 aliphatic heterocycles. The zero-order valence-electron chi connectivity index (χ0n) is 16.3. The van der Waals surface area contributed by atoms with Gasteiger partial charge in [0.1, 0.15) is 0 Å². The zero-order valence-corrected chi connectivity index (χ0v) is 17.1. The Balaban J connectivity index is 1.89. The van der Waals surface area contributed by atoms with E-state index in [0.29, 0.717) is 35.6 Å². The fourth-order valence-corrected chi connectivity index (χ4v) is 4.72. The number of amides is 1. The third-order valence-corrected chi connectivity index (χ3v) is 6.21. The van der Waals surface area contributed by atoms with Gasteiger partial charge in [-0.15, -0.1) is 0 Å². The second-order valence-electron chi connectivity index (χ2n) is 7.05. The van der Waals surface area contributed by atoms with Crippen LogP contribution in [0.5, 0.6) is 0 Å². The van der Waals surface area contributed by atoms with E-state index in [1.165, 1.54) is 18.2 Å². The molecule has 0 bridgehead atoms. The van der Waals surface area contributed by atoms with Gasteiger partial charge in [0.15, 0.2) is 5.16 Å². The van der Waals surface area contributed by atoms with Crippen LogP contribution in [0.2, 0.25) is 0 Å². The molecule has 1 aromatic heterocycles. The van der Waals surface area contributed by atoms with Gasteiger partial charge in [-0.25, -0.2) is 4.98 Å². The van der Waals surface area contributed by atoms with Gasteiger partial charge in [-0.2, -0.15) is 5.26 Å². The molecule has 2 aromatic rings. The van der Waals surface area contributed by atoms with Crippen molar-refractivity contribution >= 4 is 28.6 Å². The van der Waals surface area contributed by atoms with Crippen molar-refractivity contribution in [2.75, 3.05) is 18.8 Å². The van der Waals surface area contributed by atoms with Crippen LogP contribution in [0.4, 0.5) is 0 Å². The van der Waals surface area contributed by atoms with Crippen molar-refractivity contribution in [3.8, 4) is 6.07 Å². The fraction of sp³-hybridized carbons (Fsp3) is 0.524. The summed E-state index contributed by atoms with van der Waals surface area (Å²) >= 11 is 1.33. The molecule has 148 valence electrons. The number of benzene rings is 1. The van der Waals surface area contributed by atoms with Crippen molar-refractivity contribution in [3.63, 3.8) is 0 Å². The summed E-state index contributed by atoms with van der Waals surface area (Å²) in [7, 11) is 0. The van der Waals surface area contributed by atoms with Gasteiger partial charge in [0.25, 0.3) is 5.56 Å². The monoisotopic (exact) mass is 398 g/mol. The molecule has 0 saturated heterocycles. The average molecular weight is 399 g/mol. The van der Waals surface area contributed by atoms with E-state index in [4.69, 9.17) is 10.2 Å². The number of hydrogen-bond acceptors (Lipinski definition) is 5. The smallest absolute Gasteiger partial charge is 0.262 e. The molecular weight excluding hydrogens is 372 g/mol. The van der Waals surface area contributed by atoms with Crippen LogP contribution < -0.4 is 5.56 Å². The molecule has 1 aliphatic rings. The van der Waals surface area contributed by atoms with E-state index in [2.05, 4.69) is 6.07 Å². The highest BCUT2D eigenvalue weighted by Gasteiger charge is 2.23. The molecule has 1 fully saturated rings. The van der Waals surface area contributed by atoms with Gasteiger partial charge in [-0.1, -0.05) is 43.2 Å². The summed E-state index contributed by atoms with van der Waals surface area (Å²) in [5.74, 6) is 0.192. The number of aromatic nitrogens is 2. The van der Waals surface area contributed by atoms with E-state index >= 15 is 0 Å². The molecule has 1 saturated carbocycles. The first kappa shape index (κ1) is 20.4. The summed E-state index contributed by atoms with van der Waals surface area (Å²) in [6, 6.07) is 9.64. The summed E-state index contributed by atoms with van der Waals surface area (Å²) in [5, 5.41) is 10.0. The number of nitrogens with zero attached hydrogens (tertiary/aromatic N) is 4. The molecule has 0 spiro atoms. The summed E-state index contributed by atoms with van der Waals surface area (Å²) < 4.78 is 1.82. The molecule has 0 N–H and O–H groups in total. The predicted octanol–water partition coefficient (Wildman–Crippen LogP) is 3.76. The number of fused-ring (bicyclic) bond motifs is 1. The second kappa shape index (κ2) is 9.74. The molecule has 7 heteroatoms. The van der Waals surface area contributed by atoms with Gasteiger partial charge in [0, 0.05) is 19.1 Å². The molecule has 6 nitrogen and oxygen atoms in total. The number of para-hydroxylation sites is 1. The quantitative estimate of drug-likeness (QED) is 0.524. The van der Waals surface area contributed by atoms with Crippen molar-refractivity contribution in [2.24, 2.45) is 0 Å². The van der Waals surface area contributed by atoms with Gasteiger partial charge >= 0.3 is 0 Å². The highest BCUT2D eigenvalue weighted by Crippen LogP contribution is 2.31. The van der Waals surface area contributed by atoms with Crippen LogP contribution in [-0.4, -0.2) is 39.2 Å². The molecule has 28 heavy (non-hydrogen) atoms. The lowest BCUT2D eigenvalue weighted by atomic mass is 9.95. The predicted molar refractivity (Wildman–Crippen MR) is 111 cm³/mol. The van der Waals surface area contributed by atoms with Crippen molar-refractivity contribution in [2.45, 2.75) is 56.6 Å². The maximum Gasteiger partial charge on any atom is 0.262 e. The van der Waals surface area contributed by atoms with E-state index in [0.717, 1.165) is 25.7 Å². The minimum atomic E-state index is -0.0275. The maximum absolute atomic E-state index is 13.2. The Bertz CT molecular complexity index is 928. The van der Waals surface area contributed by atoms with E-state index in [1.807, 2.05) is 35.8 Å². The van der Waals surface area contributed by atoms with Gasteiger partial charge in [-0.3, -0.25) is 14.2 Å². The third kappa shape index (κ3) is 4.56. The Labute approximate surface area is 169 Å². The topological polar surface area (TPSA) is 79.0 Å². The Morgan fingerprint density at radius 1 is 1.32 bits per heavy atom. The Hall–Kier alpha value is -2.33. The SMILES string of the molecule is CCN(CCC#N)C(=O)CSc1nc2ccccc2c(=O)n1C1CCCCC1. The van der Waals surface area contributed by atoms with Gasteiger partial charge in [0.2, 0.25) is 5.91 Å². The first-order valence-electron chi connectivity index (χ1n) is 9.94. The number of nitriles is 1. The van der Waals surface area contributed by atoms with Crippen LogP contribution in [-0.2, 0) is 4.79 Å². The lowest BCUT2D eigenvalue weighted by molar-refractivity contribution is -0.128. The number of carbonyl (C=O) groups excluding carboxylic acids is 1. The number of hydrogen-bond donors (Lipinski definition) is 0. The standard InChI is InChI=1S/C21H26N4O2S/c1-2-24(14-8-13-22)19(26)15-28-21-23-18-12-7-6-11-17(18)20(27)25(21)16-9-4-3-5-10-16/h6-7,11-12,16H,2-5,8-10,14-15H2,1H3. The summed E-state index contributed by atoms with van der Waals surface area (Å²) in [6.45, 7) is 2.92. The van der Waals surface area contributed by atoms with E-state index in [1.54, 1.807) is 4.90 Å². The Kier molecular flexibility index (Phi) is 7.10. The van der Waals surface area contributed by atoms with Crippen LogP contribution in [0.15, 0.2) is 34.2 Å². The van der Waals surface area contributed by atoms with Gasteiger partial charge in [-0.05, 0) is 31.9 Å². The maximum atomic E-state index is 13.2. The lowest BCUT2D eigenvalue weighted by Crippen LogP contribution is -2.34. The van der Waals surface area contributed by atoms with Crippen molar-refractivity contribution < 1.29 is 4.79 Å². The van der Waals surface area contributed by atoms with Crippen LogP contribution >= 0.6 is 11.8 Å². The molecule has 1 heterocycles. The number of rotatable bonds is 7. The minimum Gasteiger partial charge on any atom is -0.341 e. The van der Waals surface area contributed by atoms with Crippen LogP contribution in [0, 0.1) is 11.3 Å². The Morgan fingerprint density at radius 2 is 2.07 bits per heavy atom. The molecule has 0 atom stereocenters. The largest absolute Gasteiger partial charge is 0.341 e. The lowest BCUT2D eigenvalue weighted by Gasteiger charge is -2.26. The average Bonchev–Trinajstić information content (AvgIpc) is 2.73. The van der Waals surface area contributed by atoms with Crippen LogP contribution in [0.1, 0.15) is 51.5 Å². The third-order valence-electron chi connectivity index (χ3n) is 5.27. The summed E-state index contributed by atoms with van der Waals surface area (Å²) in [6.07, 6.45) is 5.72. The first-order valence-corrected chi connectivity index (χ1v) is 10.9. The minimum absolute atomic E-state index is 0.00993. The van der Waals surface area contributed by atoms with Crippen LogP contribution in [0.25, 0.3) is 10.9 Å². The summed E-state index contributed by atoms with van der Waals surface area (Å²) in [5.41, 5.74) is 0.663. The van der Waals surface area contributed by atoms with Crippen LogP contribution in [0.3, 0.4) is 0 Å². The van der Waals surface area contributed by atoms with Gasteiger partial charge in [0.05, 0.1) is 29.1 Å². The summed E-state index contributed by atoms with van der Waals surface area (Å²) in [4.78, 5) is 32.2. The normalized spacial score (nSPS) is 14.7. The molecule has 1 amide bonds. The Morgan fingerprint density at radius 3 is 2.79 bits per heavy atom. The molecule has 3 rings (SSSR count). The number of thioether (sulfide) groups is 1.